The van der Waals surface area contributed by atoms with E-state index < -0.39 is 0 Å². The van der Waals surface area contributed by atoms with Crippen molar-refractivity contribution in [1.82, 2.24) is 10.3 Å². The number of fused-ring (bicyclic) bond motifs is 1. The van der Waals surface area contributed by atoms with E-state index in [1.807, 2.05) is 24.4 Å². The Morgan fingerprint density at radius 2 is 2.29 bits per heavy atom. The average Bonchev–Trinajstić information content (AvgIpc) is 3.01. The predicted octanol–water partition coefficient (Wildman–Crippen LogP) is 3.83. The summed E-state index contributed by atoms with van der Waals surface area (Å²) in [6.45, 7) is 2.33. The third-order valence-electron chi connectivity index (χ3n) is 2.97. The van der Waals surface area contributed by atoms with Crippen LogP contribution in [-0.2, 0) is 6.54 Å². The Kier molecular flexibility index (Phi) is 3.84. The number of anilines is 1. The van der Waals surface area contributed by atoms with Crippen molar-refractivity contribution >= 4 is 56.0 Å². The topological polar surface area (TPSA) is 68.0 Å². The first-order chi connectivity index (χ1) is 10.1. The maximum absolute atomic E-state index is 12.3. The van der Waals surface area contributed by atoms with Crippen molar-refractivity contribution in [3.63, 3.8) is 0 Å². The molecule has 0 unspecified atom stereocenters. The van der Waals surface area contributed by atoms with Gasteiger partial charge < -0.3 is 11.1 Å². The van der Waals surface area contributed by atoms with Gasteiger partial charge in [-0.15, -0.1) is 22.7 Å². The van der Waals surface area contributed by atoms with E-state index in [1.165, 1.54) is 22.7 Å². The molecule has 0 aliphatic carbocycles. The molecule has 0 saturated heterocycles. The quantitative estimate of drug-likeness (QED) is 0.763. The second-order valence-electron chi connectivity index (χ2n) is 4.52. The van der Waals surface area contributed by atoms with Crippen LogP contribution in [0.3, 0.4) is 0 Å². The molecular weight excluding hydrogens is 326 g/mol. The summed E-state index contributed by atoms with van der Waals surface area (Å²) in [6, 6.07) is 5.52. The summed E-state index contributed by atoms with van der Waals surface area (Å²) in [6.07, 6.45) is 0. The van der Waals surface area contributed by atoms with E-state index >= 15 is 0 Å². The van der Waals surface area contributed by atoms with Crippen LogP contribution in [-0.4, -0.2) is 10.9 Å². The van der Waals surface area contributed by atoms with Gasteiger partial charge in [-0.3, -0.25) is 4.79 Å². The lowest BCUT2D eigenvalue weighted by atomic mass is 10.2. The highest BCUT2D eigenvalue weighted by Crippen LogP contribution is 2.37. The Balaban J connectivity index is 1.84. The van der Waals surface area contributed by atoms with Gasteiger partial charge in [0.2, 0.25) is 0 Å². The molecule has 21 heavy (non-hydrogen) atoms. The van der Waals surface area contributed by atoms with Crippen LogP contribution in [0.2, 0.25) is 5.02 Å². The number of hydrogen-bond donors (Lipinski definition) is 2. The number of thiazole rings is 1. The number of hydrogen-bond acceptors (Lipinski definition) is 5. The molecule has 4 nitrogen and oxygen atoms in total. The minimum Gasteiger partial charge on any atom is -0.397 e. The van der Waals surface area contributed by atoms with Crippen LogP contribution in [0, 0.1) is 6.92 Å². The summed E-state index contributed by atoms with van der Waals surface area (Å²) in [7, 11) is 0. The highest BCUT2D eigenvalue weighted by atomic mass is 35.5. The summed E-state index contributed by atoms with van der Waals surface area (Å²) in [5, 5.41) is 6.99. The second-order valence-corrected chi connectivity index (χ2v) is 6.93. The molecule has 1 aromatic carbocycles. The van der Waals surface area contributed by atoms with Crippen molar-refractivity contribution in [1.29, 1.82) is 0 Å². The molecular formula is C14H12ClN3OS2. The largest absolute Gasteiger partial charge is 0.397 e. The van der Waals surface area contributed by atoms with Crippen LogP contribution >= 0.6 is 34.3 Å². The maximum atomic E-state index is 12.3. The molecule has 3 rings (SSSR count). The van der Waals surface area contributed by atoms with Crippen LogP contribution in [0.15, 0.2) is 23.6 Å². The fourth-order valence-electron chi connectivity index (χ4n) is 2.02. The van der Waals surface area contributed by atoms with Crippen LogP contribution in [0.25, 0.3) is 10.1 Å². The van der Waals surface area contributed by atoms with Crippen LogP contribution in [0.5, 0.6) is 0 Å². The highest BCUT2D eigenvalue weighted by molar-refractivity contribution is 7.21. The number of carbonyl (C=O) groups is 1. The Labute approximate surface area is 134 Å². The van der Waals surface area contributed by atoms with E-state index in [2.05, 4.69) is 10.3 Å². The molecule has 0 bridgehead atoms. The number of nitrogens with zero attached hydrogens (tertiary/aromatic N) is 1. The number of nitrogen functional groups attached to an aromatic ring is 1. The average molecular weight is 338 g/mol. The first kappa shape index (κ1) is 14.3. The molecule has 108 valence electrons. The van der Waals surface area contributed by atoms with Gasteiger partial charge in [0, 0.05) is 21.2 Å². The molecule has 0 saturated carbocycles. The normalized spacial score (nSPS) is 11.0. The first-order valence-corrected chi connectivity index (χ1v) is 8.29. The summed E-state index contributed by atoms with van der Waals surface area (Å²) in [5.74, 6) is -0.197. The number of nitrogens with two attached hydrogens (primary N) is 1. The summed E-state index contributed by atoms with van der Waals surface area (Å²) < 4.78 is 0.912. The molecule has 0 aliphatic heterocycles. The fraction of sp³-hybridized carbons (Fsp3) is 0.143. The first-order valence-electron chi connectivity index (χ1n) is 6.22. The fourth-order valence-corrected chi connectivity index (χ4v) is 4.13. The third-order valence-corrected chi connectivity index (χ3v) is 5.43. The number of aromatic nitrogens is 1. The van der Waals surface area contributed by atoms with Gasteiger partial charge in [0.15, 0.2) is 0 Å². The molecule has 0 radical (unpaired) electrons. The number of amides is 1. The molecule has 0 atom stereocenters. The van der Waals surface area contributed by atoms with Gasteiger partial charge in [-0.25, -0.2) is 4.98 Å². The molecule has 3 aromatic rings. The van der Waals surface area contributed by atoms with Gasteiger partial charge in [-0.2, -0.15) is 0 Å². The number of nitrogens with one attached hydrogen (secondary N) is 1. The zero-order chi connectivity index (χ0) is 15.0. The van der Waals surface area contributed by atoms with Crippen LogP contribution in [0.4, 0.5) is 5.69 Å². The molecule has 0 fully saturated rings. The summed E-state index contributed by atoms with van der Waals surface area (Å²) in [4.78, 5) is 17.1. The van der Waals surface area contributed by atoms with Gasteiger partial charge in [-0.05, 0) is 19.1 Å². The lowest BCUT2D eigenvalue weighted by Gasteiger charge is -2.02. The zero-order valence-corrected chi connectivity index (χ0v) is 13.5. The SMILES string of the molecule is Cc1csc(CNC(=O)c2sc3cccc(Cl)c3c2N)n1. The monoisotopic (exact) mass is 337 g/mol. The van der Waals surface area contributed by atoms with Crippen LogP contribution < -0.4 is 11.1 Å². The number of benzene rings is 1. The van der Waals surface area contributed by atoms with Crippen molar-refractivity contribution in [2.75, 3.05) is 5.73 Å². The van der Waals surface area contributed by atoms with E-state index in [-0.39, 0.29) is 5.91 Å². The number of halogens is 1. The maximum Gasteiger partial charge on any atom is 0.263 e. The van der Waals surface area contributed by atoms with Crippen molar-refractivity contribution in [3.05, 3.63) is 44.2 Å². The van der Waals surface area contributed by atoms with Gasteiger partial charge >= 0.3 is 0 Å². The minimum absolute atomic E-state index is 0.197. The number of aryl methyl sites for hydroxylation is 1. The third kappa shape index (κ3) is 2.74. The van der Waals surface area contributed by atoms with E-state index in [9.17, 15) is 4.79 Å². The Bertz CT molecular complexity index is 825. The Morgan fingerprint density at radius 1 is 1.48 bits per heavy atom. The summed E-state index contributed by atoms with van der Waals surface area (Å²) >= 11 is 9.01. The number of thiophene rings is 1. The lowest BCUT2D eigenvalue weighted by molar-refractivity contribution is 0.0956. The molecule has 2 aromatic heterocycles. The van der Waals surface area contributed by atoms with Gasteiger partial charge in [0.25, 0.3) is 5.91 Å². The van der Waals surface area contributed by atoms with Crippen molar-refractivity contribution < 1.29 is 4.79 Å². The predicted molar refractivity (Wildman–Crippen MR) is 89.3 cm³/mol. The van der Waals surface area contributed by atoms with Crippen LogP contribution in [0.1, 0.15) is 20.4 Å². The Morgan fingerprint density at radius 3 is 2.95 bits per heavy atom. The standard InChI is InChI=1S/C14H12ClN3OS2/c1-7-6-20-10(18-7)5-17-14(19)13-12(16)11-8(15)3-2-4-9(11)21-13/h2-4,6H,5,16H2,1H3,(H,17,19). The molecule has 0 aliphatic rings. The second kappa shape index (κ2) is 5.63. The number of rotatable bonds is 3. The molecule has 0 spiro atoms. The molecule has 2 heterocycles. The molecule has 3 N–H and O–H groups in total. The minimum atomic E-state index is -0.197. The molecule has 7 heteroatoms. The van der Waals surface area contributed by atoms with Gasteiger partial charge in [0.1, 0.15) is 9.88 Å². The van der Waals surface area contributed by atoms with Crippen molar-refractivity contribution in [2.24, 2.45) is 0 Å². The highest BCUT2D eigenvalue weighted by Gasteiger charge is 2.18. The van der Waals surface area contributed by atoms with E-state index in [1.54, 1.807) is 6.07 Å². The Hall–Kier alpha value is -1.63. The zero-order valence-electron chi connectivity index (χ0n) is 11.1. The lowest BCUT2D eigenvalue weighted by Crippen LogP contribution is -2.22. The van der Waals surface area contributed by atoms with E-state index in [4.69, 9.17) is 17.3 Å². The van der Waals surface area contributed by atoms with Crippen molar-refractivity contribution in [3.8, 4) is 0 Å². The van der Waals surface area contributed by atoms with E-state index in [0.29, 0.717) is 22.1 Å². The van der Waals surface area contributed by atoms with E-state index in [0.717, 1.165) is 20.8 Å². The van der Waals surface area contributed by atoms with Crippen molar-refractivity contribution in [2.45, 2.75) is 13.5 Å². The van der Waals surface area contributed by atoms with Gasteiger partial charge in [-0.1, -0.05) is 17.7 Å². The molecule has 1 amide bonds. The van der Waals surface area contributed by atoms with Gasteiger partial charge in [0.05, 0.1) is 17.3 Å². The number of carbonyl (C=O) groups excluding carboxylic acids is 1. The smallest absolute Gasteiger partial charge is 0.263 e. The summed E-state index contributed by atoms with van der Waals surface area (Å²) in [5.41, 5.74) is 7.46.